The highest BCUT2D eigenvalue weighted by atomic mass is 127. The minimum Gasteiger partial charge on any atom is -0.355 e. The zero-order valence-corrected chi connectivity index (χ0v) is 15.4. The van der Waals surface area contributed by atoms with Gasteiger partial charge in [0.05, 0.1) is 0 Å². The summed E-state index contributed by atoms with van der Waals surface area (Å²) in [6, 6.07) is 0.637. The Morgan fingerprint density at radius 1 is 1.25 bits per heavy atom. The van der Waals surface area contributed by atoms with Crippen molar-refractivity contribution < 1.29 is 0 Å². The monoisotopic (exact) mass is 395 g/mol. The second-order valence-electron chi connectivity index (χ2n) is 5.96. The van der Waals surface area contributed by atoms with Gasteiger partial charge in [0.25, 0.3) is 0 Å². The van der Waals surface area contributed by atoms with E-state index < -0.39 is 0 Å². The molecule has 1 heterocycles. The molecular weight excluding hydrogens is 365 g/mol. The fraction of sp³-hybridized carbons (Fsp3) is 0.929. The van der Waals surface area contributed by atoms with Crippen molar-refractivity contribution in [2.75, 3.05) is 53.4 Å². The van der Waals surface area contributed by atoms with Crippen LogP contribution in [0.2, 0.25) is 0 Å². The Labute approximate surface area is 140 Å². The van der Waals surface area contributed by atoms with E-state index in [2.05, 4.69) is 39.4 Å². The number of aliphatic imine (C=N–C) groups is 1. The van der Waals surface area contributed by atoms with Gasteiger partial charge in [-0.2, -0.15) is 0 Å². The van der Waals surface area contributed by atoms with E-state index in [-0.39, 0.29) is 24.0 Å². The Balaban J connectivity index is 0.00000200. The van der Waals surface area contributed by atoms with Crippen molar-refractivity contribution in [1.29, 1.82) is 0 Å². The average Bonchev–Trinajstić information content (AvgIpc) is 3.12. The normalized spacial score (nSPS) is 28.4. The summed E-state index contributed by atoms with van der Waals surface area (Å²) in [7, 11) is 4.06. The predicted octanol–water partition coefficient (Wildman–Crippen LogP) is 0.815. The van der Waals surface area contributed by atoms with E-state index in [0.29, 0.717) is 6.04 Å². The number of nitrogens with one attached hydrogen (secondary N) is 2. The molecule has 2 fully saturated rings. The van der Waals surface area contributed by atoms with Crippen molar-refractivity contribution in [1.82, 2.24) is 20.4 Å². The number of halogens is 1. The fourth-order valence-corrected chi connectivity index (χ4v) is 2.55. The molecule has 0 bridgehead atoms. The van der Waals surface area contributed by atoms with Gasteiger partial charge < -0.3 is 20.4 Å². The van der Waals surface area contributed by atoms with Gasteiger partial charge in [0, 0.05) is 39.3 Å². The van der Waals surface area contributed by atoms with Crippen LogP contribution in [0, 0.1) is 5.92 Å². The zero-order chi connectivity index (χ0) is 13.7. The van der Waals surface area contributed by atoms with E-state index in [1.807, 2.05) is 7.05 Å². The number of hydrogen-bond acceptors (Lipinski definition) is 3. The lowest BCUT2D eigenvalue weighted by Gasteiger charge is -2.21. The highest BCUT2D eigenvalue weighted by Gasteiger charge is 2.33. The van der Waals surface area contributed by atoms with E-state index >= 15 is 0 Å². The maximum absolute atomic E-state index is 4.28. The van der Waals surface area contributed by atoms with Crippen LogP contribution < -0.4 is 10.6 Å². The predicted molar refractivity (Wildman–Crippen MR) is 96.0 cm³/mol. The number of guanidine groups is 1. The smallest absolute Gasteiger partial charge is 0.191 e. The molecule has 2 rings (SSSR count). The molecular formula is C14H30IN5. The lowest BCUT2D eigenvalue weighted by molar-refractivity contribution is 0.280. The van der Waals surface area contributed by atoms with Crippen LogP contribution in [0.15, 0.2) is 4.99 Å². The maximum Gasteiger partial charge on any atom is 0.191 e. The molecule has 0 aromatic rings. The molecule has 20 heavy (non-hydrogen) atoms. The second-order valence-corrected chi connectivity index (χ2v) is 5.96. The van der Waals surface area contributed by atoms with Crippen LogP contribution in [-0.4, -0.2) is 75.2 Å². The van der Waals surface area contributed by atoms with Gasteiger partial charge in [0.1, 0.15) is 0 Å². The minimum absolute atomic E-state index is 0. The third kappa shape index (κ3) is 6.13. The van der Waals surface area contributed by atoms with E-state index in [0.717, 1.165) is 25.0 Å². The SMILES string of the molecule is CN=C(NCCN1CCCN(C)CC1)NC1CC1C.I. The van der Waals surface area contributed by atoms with Gasteiger partial charge in [-0.1, -0.05) is 6.92 Å². The molecule has 0 aromatic heterocycles. The molecule has 1 saturated heterocycles. The highest BCUT2D eigenvalue weighted by molar-refractivity contribution is 14.0. The molecule has 0 radical (unpaired) electrons. The van der Waals surface area contributed by atoms with E-state index in [1.54, 1.807) is 0 Å². The topological polar surface area (TPSA) is 42.9 Å². The molecule has 118 valence electrons. The first-order valence-corrected chi connectivity index (χ1v) is 7.57. The second kappa shape index (κ2) is 9.04. The van der Waals surface area contributed by atoms with E-state index in [9.17, 15) is 0 Å². The number of nitrogens with zero attached hydrogens (tertiary/aromatic N) is 3. The fourth-order valence-electron chi connectivity index (χ4n) is 2.55. The first-order chi connectivity index (χ1) is 9.19. The van der Waals surface area contributed by atoms with Crippen LogP contribution in [0.4, 0.5) is 0 Å². The van der Waals surface area contributed by atoms with Crippen molar-refractivity contribution in [2.24, 2.45) is 10.9 Å². The largest absolute Gasteiger partial charge is 0.355 e. The highest BCUT2D eigenvalue weighted by Crippen LogP contribution is 2.28. The van der Waals surface area contributed by atoms with Gasteiger partial charge in [-0.3, -0.25) is 4.99 Å². The van der Waals surface area contributed by atoms with E-state index in [4.69, 9.17) is 0 Å². The summed E-state index contributed by atoms with van der Waals surface area (Å²) in [5.74, 6) is 1.76. The third-order valence-corrected chi connectivity index (χ3v) is 4.19. The molecule has 2 aliphatic rings. The summed E-state index contributed by atoms with van der Waals surface area (Å²) in [5.41, 5.74) is 0. The van der Waals surface area contributed by atoms with E-state index in [1.165, 1.54) is 39.0 Å². The van der Waals surface area contributed by atoms with Gasteiger partial charge in [0.15, 0.2) is 5.96 Å². The number of likely N-dealkylation sites (N-methyl/N-ethyl adjacent to an activating group) is 1. The Bertz CT molecular complexity index is 310. The summed E-state index contributed by atoms with van der Waals surface area (Å²) in [5, 5.41) is 6.88. The Kier molecular flexibility index (Phi) is 8.13. The summed E-state index contributed by atoms with van der Waals surface area (Å²) in [4.78, 5) is 9.25. The molecule has 0 amide bonds. The van der Waals surface area contributed by atoms with Crippen LogP contribution in [0.1, 0.15) is 19.8 Å². The van der Waals surface area contributed by atoms with Crippen molar-refractivity contribution in [2.45, 2.75) is 25.8 Å². The molecule has 0 spiro atoms. The molecule has 2 atom stereocenters. The Hall–Kier alpha value is -0.0800. The molecule has 5 nitrogen and oxygen atoms in total. The third-order valence-electron chi connectivity index (χ3n) is 4.19. The van der Waals surface area contributed by atoms with Crippen molar-refractivity contribution in [3.8, 4) is 0 Å². The van der Waals surface area contributed by atoms with Crippen LogP contribution in [-0.2, 0) is 0 Å². The average molecular weight is 395 g/mol. The molecule has 2 N–H and O–H groups in total. The van der Waals surface area contributed by atoms with Crippen LogP contribution in [0.5, 0.6) is 0 Å². The van der Waals surface area contributed by atoms with Gasteiger partial charge >= 0.3 is 0 Å². The summed E-state index contributed by atoms with van der Waals surface area (Å²) >= 11 is 0. The van der Waals surface area contributed by atoms with Gasteiger partial charge in [-0.15, -0.1) is 24.0 Å². The van der Waals surface area contributed by atoms with Crippen LogP contribution >= 0.6 is 24.0 Å². The Morgan fingerprint density at radius 3 is 2.65 bits per heavy atom. The first kappa shape index (κ1) is 18.0. The summed E-state index contributed by atoms with van der Waals surface area (Å²) < 4.78 is 0. The summed E-state index contributed by atoms with van der Waals surface area (Å²) in [6.45, 7) is 9.18. The molecule has 1 aliphatic carbocycles. The minimum atomic E-state index is 0. The lowest BCUT2D eigenvalue weighted by atomic mass is 10.4. The number of hydrogen-bond donors (Lipinski definition) is 2. The maximum atomic E-state index is 4.28. The van der Waals surface area contributed by atoms with Crippen molar-refractivity contribution >= 4 is 29.9 Å². The lowest BCUT2D eigenvalue weighted by Crippen LogP contribution is -2.43. The quantitative estimate of drug-likeness (QED) is 0.420. The zero-order valence-electron chi connectivity index (χ0n) is 13.1. The first-order valence-electron chi connectivity index (χ1n) is 7.57. The van der Waals surface area contributed by atoms with Crippen LogP contribution in [0.3, 0.4) is 0 Å². The molecule has 6 heteroatoms. The van der Waals surface area contributed by atoms with Crippen LogP contribution in [0.25, 0.3) is 0 Å². The molecule has 1 saturated carbocycles. The molecule has 2 unspecified atom stereocenters. The van der Waals surface area contributed by atoms with Gasteiger partial charge in [-0.05, 0) is 38.9 Å². The molecule has 1 aliphatic heterocycles. The standard InChI is InChI=1S/C14H29N5.HI/c1-12-11-13(12)17-14(15-2)16-5-8-19-7-4-6-18(3)9-10-19;/h12-13H,4-11H2,1-3H3,(H2,15,16,17);1H. The number of rotatable bonds is 4. The van der Waals surface area contributed by atoms with Gasteiger partial charge in [0.2, 0.25) is 0 Å². The summed E-state index contributed by atoms with van der Waals surface area (Å²) in [6.07, 6.45) is 2.56. The van der Waals surface area contributed by atoms with Crippen molar-refractivity contribution in [3.05, 3.63) is 0 Å². The molecule has 0 aromatic carbocycles. The van der Waals surface area contributed by atoms with Gasteiger partial charge in [-0.25, -0.2) is 0 Å². The van der Waals surface area contributed by atoms with Crippen molar-refractivity contribution in [3.63, 3.8) is 0 Å². The Morgan fingerprint density at radius 2 is 2.00 bits per heavy atom.